The molecular formula is C13H28N2O. The summed E-state index contributed by atoms with van der Waals surface area (Å²) in [6.07, 6.45) is 4.32. The number of likely N-dealkylation sites (tertiary alicyclic amines) is 1. The van der Waals surface area contributed by atoms with E-state index in [1.54, 1.807) is 7.11 Å². The molecule has 0 bridgehead atoms. The molecular weight excluding hydrogens is 200 g/mol. The van der Waals surface area contributed by atoms with E-state index in [0.29, 0.717) is 6.10 Å². The molecule has 1 rings (SSSR count). The van der Waals surface area contributed by atoms with Crippen molar-refractivity contribution < 1.29 is 4.74 Å². The fourth-order valence-electron chi connectivity index (χ4n) is 2.40. The van der Waals surface area contributed by atoms with Gasteiger partial charge in [0.1, 0.15) is 0 Å². The Morgan fingerprint density at radius 2 is 2.31 bits per heavy atom. The lowest BCUT2D eigenvalue weighted by molar-refractivity contribution is 0.0592. The number of hydrogen-bond donors (Lipinski definition) is 1. The number of nitrogens with zero attached hydrogens (tertiary/aromatic N) is 1. The average Bonchev–Trinajstić information content (AvgIpc) is 2.30. The predicted molar refractivity (Wildman–Crippen MR) is 68.8 cm³/mol. The topological polar surface area (TPSA) is 24.5 Å². The Bertz CT molecular complexity index is 175. The van der Waals surface area contributed by atoms with Crippen LogP contribution < -0.4 is 5.32 Å². The number of piperidine rings is 1. The Morgan fingerprint density at radius 1 is 1.50 bits per heavy atom. The van der Waals surface area contributed by atoms with Crippen molar-refractivity contribution in [1.82, 2.24) is 10.2 Å². The van der Waals surface area contributed by atoms with E-state index in [1.807, 2.05) is 0 Å². The highest BCUT2D eigenvalue weighted by Gasteiger charge is 2.20. The van der Waals surface area contributed by atoms with Crippen molar-refractivity contribution in [2.45, 2.75) is 39.2 Å². The third-order valence-corrected chi connectivity index (χ3v) is 3.38. The van der Waals surface area contributed by atoms with Gasteiger partial charge in [-0.2, -0.15) is 0 Å². The van der Waals surface area contributed by atoms with Crippen molar-refractivity contribution in [1.29, 1.82) is 0 Å². The first-order chi connectivity index (χ1) is 7.76. The summed E-state index contributed by atoms with van der Waals surface area (Å²) >= 11 is 0. The SMILES string of the molecule is CCCNCC1CCCN(CC(C)OC)C1. The molecule has 1 aliphatic heterocycles. The maximum Gasteiger partial charge on any atom is 0.0670 e. The van der Waals surface area contributed by atoms with Crippen molar-refractivity contribution in [3.05, 3.63) is 0 Å². The van der Waals surface area contributed by atoms with Crippen LogP contribution in [0.4, 0.5) is 0 Å². The minimum absolute atomic E-state index is 0.363. The summed E-state index contributed by atoms with van der Waals surface area (Å²) in [6, 6.07) is 0. The Labute approximate surface area is 101 Å². The highest BCUT2D eigenvalue weighted by molar-refractivity contribution is 4.75. The molecule has 0 aromatic heterocycles. The van der Waals surface area contributed by atoms with E-state index in [4.69, 9.17) is 4.74 Å². The van der Waals surface area contributed by atoms with Crippen LogP contribution in [0.1, 0.15) is 33.1 Å². The number of rotatable bonds is 7. The molecule has 0 amide bonds. The summed E-state index contributed by atoms with van der Waals surface area (Å²) in [5.41, 5.74) is 0. The molecule has 1 fully saturated rings. The highest BCUT2D eigenvalue weighted by Crippen LogP contribution is 2.16. The van der Waals surface area contributed by atoms with Crippen LogP contribution in [0.2, 0.25) is 0 Å². The summed E-state index contributed by atoms with van der Waals surface area (Å²) in [7, 11) is 1.80. The van der Waals surface area contributed by atoms with Crippen LogP contribution in [0.15, 0.2) is 0 Å². The molecule has 0 spiro atoms. The molecule has 1 heterocycles. The molecule has 0 aromatic carbocycles. The van der Waals surface area contributed by atoms with Gasteiger partial charge in [0, 0.05) is 20.2 Å². The van der Waals surface area contributed by atoms with Gasteiger partial charge in [0.05, 0.1) is 6.10 Å². The molecule has 0 saturated carbocycles. The van der Waals surface area contributed by atoms with Crippen molar-refractivity contribution >= 4 is 0 Å². The van der Waals surface area contributed by atoms with Crippen LogP contribution in [0.3, 0.4) is 0 Å². The van der Waals surface area contributed by atoms with Gasteiger partial charge in [-0.3, -0.25) is 0 Å². The number of ether oxygens (including phenoxy) is 1. The summed E-state index contributed by atoms with van der Waals surface area (Å²) in [5.74, 6) is 0.837. The average molecular weight is 228 g/mol. The molecule has 0 radical (unpaired) electrons. The van der Waals surface area contributed by atoms with Gasteiger partial charge in [-0.15, -0.1) is 0 Å². The van der Waals surface area contributed by atoms with Gasteiger partial charge in [-0.05, 0) is 51.7 Å². The zero-order valence-electron chi connectivity index (χ0n) is 11.2. The number of nitrogens with one attached hydrogen (secondary N) is 1. The third-order valence-electron chi connectivity index (χ3n) is 3.38. The fraction of sp³-hybridized carbons (Fsp3) is 1.00. The Kier molecular flexibility index (Phi) is 7.01. The van der Waals surface area contributed by atoms with Crippen LogP contribution in [-0.2, 0) is 4.74 Å². The van der Waals surface area contributed by atoms with E-state index in [2.05, 4.69) is 24.1 Å². The standard InChI is InChI=1S/C13H28N2O/c1-4-7-14-9-13-6-5-8-15(11-13)10-12(2)16-3/h12-14H,4-11H2,1-3H3. The summed E-state index contributed by atoms with van der Waals surface area (Å²) in [4.78, 5) is 2.55. The molecule has 16 heavy (non-hydrogen) atoms. The lowest BCUT2D eigenvalue weighted by Crippen LogP contribution is -2.42. The maximum atomic E-state index is 5.33. The van der Waals surface area contributed by atoms with E-state index in [-0.39, 0.29) is 0 Å². The van der Waals surface area contributed by atoms with Crippen LogP contribution in [0.25, 0.3) is 0 Å². The molecule has 0 aliphatic carbocycles. The Morgan fingerprint density at radius 3 is 3.00 bits per heavy atom. The van der Waals surface area contributed by atoms with Gasteiger partial charge in [0.15, 0.2) is 0 Å². The largest absolute Gasteiger partial charge is 0.380 e. The molecule has 1 saturated heterocycles. The predicted octanol–water partition coefficient (Wildman–Crippen LogP) is 1.73. The van der Waals surface area contributed by atoms with Gasteiger partial charge in [-0.25, -0.2) is 0 Å². The first-order valence-electron chi connectivity index (χ1n) is 6.72. The molecule has 2 unspecified atom stereocenters. The molecule has 96 valence electrons. The first-order valence-corrected chi connectivity index (χ1v) is 6.72. The fourth-order valence-corrected chi connectivity index (χ4v) is 2.40. The highest BCUT2D eigenvalue weighted by atomic mass is 16.5. The first kappa shape index (κ1) is 13.9. The molecule has 1 N–H and O–H groups in total. The van der Waals surface area contributed by atoms with E-state index >= 15 is 0 Å². The van der Waals surface area contributed by atoms with Crippen molar-refractivity contribution in [3.8, 4) is 0 Å². The minimum Gasteiger partial charge on any atom is -0.380 e. The van der Waals surface area contributed by atoms with E-state index in [0.717, 1.165) is 19.0 Å². The summed E-state index contributed by atoms with van der Waals surface area (Å²) in [6.45, 7) is 10.3. The molecule has 3 nitrogen and oxygen atoms in total. The second-order valence-electron chi connectivity index (χ2n) is 5.02. The van der Waals surface area contributed by atoms with Gasteiger partial charge in [0.2, 0.25) is 0 Å². The Hall–Kier alpha value is -0.120. The molecule has 0 aromatic rings. The molecule has 1 aliphatic rings. The van der Waals surface area contributed by atoms with Gasteiger partial charge < -0.3 is 15.0 Å². The van der Waals surface area contributed by atoms with Crippen molar-refractivity contribution in [2.75, 3.05) is 39.8 Å². The smallest absolute Gasteiger partial charge is 0.0670 e. The van der Waals surface area contributed by atoms with Crippen LogP contribution in [0, 0.1) is 5.92 Å². The lowest BCUT2D eigenvalue weighted by Gasteiger charge is -2.34. The second-order valence-corrected chi connectivity index (χ2v) is 5.02. The minimum atomic E-state index is 0.363. The van der Waals surface area contributed by atoms with Crippen molar-refractivity contribution in [3.63, 3.8) is 0 Å². The lowest BCUT2D eigenvalue weighted by atomic mass is 9.97. The second kappa shape index (κ2) is 8.04. The number of methoxy groups -OCH3 is 1. The van der Waals surface area contributed by atoms with Crippen LogP contribution >= 0.6 is 0 Å². The number of hydrogen-bond acceptors (Lipinski definition) is 3. The van der Waals surface area contributed by atoms with E-state index < -0.39 is 0 Å². The Balaban J connectivity index is 2.19. The summed E-state index contributed by atoms with van der Waals surface area (Å²) in [5, 5.41) is 3.53. The summed E-state index contributed by atoms with van der Waals surface area (Å²) < 4.78 is 5.33. The van der Waals surface area contributed by atoms with Crippen LogP contribution in [-0.4, -0.2) is 50.8 Å². The van der Waals surface area contributed by atoms with Crippen LogP contribution in [0.5, 0.6) is 0 Å². The molecule has 3 heteroatoms. The quantitative estimate of drug-likeness (QED) is 0.672. The van der Waals surface area contributed by atoms with Gasteiger partial charge in [-0.1, -0.05) is 6.92 Å². The van der Waals surface area contributed by atoms with E-state index in [1.165, 1.54) is 38.9 Å². The van der Waals surface area contributed by atoms with Gasteiger partial charge >= 0.3 is 0 Å². The zero-order chi connectivity index (χ0) is 11.8. The normalized spacial score (nSPS) is 24.6. The third kappa shape index (κ3) is 5.28. The maximum absolute atomic E-state index is 5.33. The zero-order valence-corrected chi connectivity index (χ0v) is 11.2. The van der Waals surface area contributed by atoms with E-state index in [9.17, 15) is 0 Å². The monoisotopic (exact) mass is 228 g/mol. The molecule has 2 atom stereocenters. The van der Waals surface area contributed by atoms with Crippen molar-refractivity contribution in [2.24, 2.45) is 5.92 Å². The van der Waals surface area contributed by atoms with Gasteiger partial charge in [0.25, 0.3) is 0 Å².